The Hall–Kier alpha value is -2.52. The van der Waals surface area contributed by atoms with Crippen LogP contribution in [-0.2, 0) is 11.8 Å². The predicted molar refractivity (Wildman–Crippen MR) is 99.5 cm³/mol. The van der Waals surface area contributed by atoms with Crippen LogP contribution in [0.2, 0.25) is 5.02 Å². The van der Waals surface area contributed by atoms with Gasteiger partial charge in [-0.3, -0.25) is 14.5 Å². The number of hydrogen-bond acceptors (Lipinski definition) is 3. The largest absolute Gasteiger partial charge is 0.347 e. The highest BCUT2D eigenvalue weighted by Crippen LogP contribution is 2.27. The van der Waals surface area contributed by atoms with Gasteiger partial charge in [0.2, 0.25) is 5.91 Å². The molecule has 0 bridgehead atoms. The summed E-state index contributed by atoms with van der Waals surface area (Å²) in [6.07, 6.45) is 5.15. The number of rotatable bonds is 3. The molecule has 136 valence electrons. The van der Waals surface area contributed by atoms with Crippen molar-refractivity contribution in [1.82, 2.24) is 14.8 Å². The second kappa shape index (κ2) is 7.38. The fourth-order valence-electron chi connectivity index (χ4n) is 3.66. The first-order valence-corrected chi connectivity index (χ1v) is 9.03. The summed E-state index contributed by atoms with van der Waals surface area (Å²) in [7, 11) is 3.28. The summed E-state index contributed by atoms with van der Waals surface area (Å²) in [5, 5.41) is 13.5. The van der Waals surface area contributed by atoms with Gasteiger partial charge in [0, 0.05) is 36.1 Å². The Morgan fingerprint density at radius 2 is 2.04 bits per heavy atom. The molecule has 1 saturated carbocycles. The van der Waals surface area contributed by atoms with Crippen molar-refractivity contribution in [2.75, 3.05) is 7.05 Å². The van der Waals surface area contributed by atoms with Crippen LogP contribution < -0.4 is 5.32 Å². The number of aryl methyl sites for hydroxylation is 1. The maximum Gasteiger partial charge on any atom is 0.268 e. The molecule has 6 nitrogen and oxygen atoms in total. The minimum Gasteiger partial charge on any atom is -0.347 e. The molecule has 1 heterocycles. The third kappa shape index (κ3) is 3.40. The lowest BCUT2D eigenvalue weighted by molar-refractivity contribution is -0.133. The molecule has 1 aliphatic rings. The highest BCUT2D eigenvalue weighted by Gasteiger charge is 2.34. The molecule has 0 aliphatic heterocycles. The van der Waals surface area contributed by atoms with Gasteiger partial charge in [-0.2, -0.15) is 5.26 Å². The lowest BCUT2D eigenvalue weighted by Crippen LogP contribution is -2.48. The number of fused-ring (bicyclic) bond motifs is 1. The lowest BCUT2D eigenvalue weighted by atomic mass is 9.83. The van der Waals surface area contributed by atoms with E-state index in [4.69, 9.17) is 16.9 Å². The van der Waals surface area contributed by atoms with E-state index in [-0.39, 0.29) is 23.8 Å². The number of benzene rings is 1. The third-order valence-electron chi connectivity index (χ3n) is 5.12. The van der Waals surface area contributed by atoms with E-state index in [2.05, 4.69) is 5.32 Å². The molecule has 0 saturated heterocycles. The van der Waals surface area contributed by atoms with E-state index in [0.29, 0.717) is 17.1 Å². The first-order valence-electron chi connectivity index (χ1n) is 8.65. The quantitative estimate of drug-likeness (QED) is 0.664. The standard InChI is InChI=1S/C19H21ClN4O2/c1-23(11-21)19(26)14-5-3-4-6-15(14)22-18(25)17-9-12-7-8-13(20)10-16(12)24(17)2/h7-10,14-15H,3-6H2,1-2H3,(H,22,25)/t14-,15+/m1/s1. The summed E-state index contributed by atoms with van der Waals surface area (Å²) in [5.74, 6) is -0.813. The van der Waals surface area contributed by atoms with Gasteiger partial charge < -0.3 is 9.88 Å². The molecule has 26 heavy (non-hydrogen) atoms. The van der Waals surface area contributed by atoms with Crippen molar-refractivity contribution in [3.8, 4) is 6.19 Å². The van der Waals surface area contributed by atoms with Crippen molar-refractivity contribution in [3.63, 3.8) is 0 Å². The smallest absolute Gasteiger partial charge is 0.268 e. The van der Waals surface area contributed by atoms with Gasteiger partial charge in [-0.05, 0) is 31.0 Å². The van der Waals surface area contributed by atoms with Crippen LogP contribution in [0.25, 0.3) is 10.9 Å². The Balaban J connectivity index is 1.83. The normalized spacial score (nSPS) is 19.8. The van der Waals surface area contributed by atoms with Crippen molar-refractivity contribution in [3.05, 3.63) is 35.0 Å². The van der Waals surface area contributed by atoms with Crippen LogP contribution in [0.5, 0.6) is 0 Å². The first kappa shape index (κ1) is 18.3. The van der Waals surface area contributed by atoms with Crippen LogP contribution in [0.15, 0.2) is 24.3 Å². The van der Waals surface area contributed by atoms with Gasteiger partial charge in [-0.15, -0.1) is 0 Å². The molecule has 2 atom stereocenters. The Kier molecular flexibility index (Phi) is 5.19. The van der Waals surface area contributed by atoms with Crippen molar-refractivity contribution in [1.29, 1.82) is 5.26 Å². The molecule has 3 rings (SSSR count). The van der Waals surface area contributed by atoms with Crippen molar-refractivity contribution in [2.45, 2.75) is 31.7 Å². The minimum absolute atomic E-state index is 0.218. The summed E-state index contributed by atoms with van der Waals surface area (Å²) >= 11 is 6.05. The van der Waals surface area contributed by atoms with Crippen LogP contribution >= 0.6 is 11.6 Å². The summed E-state index contributed by atoms with van der Waals surface area (Å²) in [6.45, 7) is 0. The van der Waals surface area contributed by atoms with Crippen LogP contribution in [0.4, 0.5) is 0 Å². The number of hydrogen-bond donors (Lipinski definition) is 1. The molecule has 1 aromatic carbocycles. The van der Waals surface area contributed by atoms with E-state index in [1.165, 1.54) is 7.05 Å². The molecule has 1 aliphatic carbocycles. The number of nitriles is 1. The molecular formula is C19H21ClN4O2. The second-order valence-corrected chi connectivity index (χ2v) is 7.20. The Morgan fingerprint density at radius 1 is 1.31 bits per heavy atom. The summed E-state index contributed by atoms with van der Waals surface area (Å²) in [4.78, 5) is 26.3. The zero-order chi connectivity index (χ0) is 18.8. The van der Waals surface area contributed by atoms with E-state index >= 15 is 0 Å². The maximum absolute atomic E-state index is 12.8. The van der Waals surface area contributed by atoms with Gasteiger partial charge in [-0.25, -0.2) is 0 Å². The average Bonchev–Trinajstić information content (AvgIpc) is 2.97. The molecule has 0 unspecified atom stereocenters. The molecule has 1 aromatic heterocycles. The van der Waals surface area contributed by atoms with Crippen LogP contribution in [0.1, 0.15) is 36.2 Å². The zero-order valence-corrected chi connectivity index (χ0v) is 15.6. The fourth-order valence-corrected chi connectivity index (χ4v) is 3.83. The van der Waals surface area contributed by atoms with Crippen LogP contribution in [0.3, 0.4) is 0 Å². The van der Waals surface area contributed by atoms with E-state index in [0.717, 1.165) is 35.1 Å². The molecule has 2 amide bonds. The summed E-state index contributed by atoms with van der Waals surface area (Å²) in [6, 6.07) is 7.05. The summed E-state index contributed by atoms with van der Waals surface area (Å²) in [5.41, 5.74) is 1.40. The average molecular weight is 373 g/mol. The molecule has 1 N–H and O–H groups in total. The first-order chi connectivity index (χ1) is 12.4. The number of carbonyl (C=O) groups excluding carboxylic acids is 2. The molecule has 0 spiro atoms. The van der Waals surface area contributed by atoms with Crippen molar-refractivity contribution < 1.29 is 9.59 Å². The number of amides is 2. The van der Waals surface area contributed by atoms with Gasteiger partial charge in [0.05, 0.1) is 5.92 Å². The topological polar surface area (TPSA) is 78.1 Å². The summed E-state index contributed by atoms with van der Waals surface area (Å²) < 4.78 is 1.80. The van der Waals surface area contributed by atoms with E-state index in [1.807, 2.05) is 31.4 Å². The van der Waals surface area contributed by atoms with Gasteiger partial charge in [0.25, 0.3) is 5.91 Å². The van der Waals surface area contributed by atoms with Gasteiger partial charge in [-0.1, -0.05) is 30.5 Å². The molecular weight excluding hydrogens is 352 g/mol. The molecule has 7 heteroatoms. The Morgan fingerprint density at radius 3 is 2.77 bits per heavy atom. The SMILES string of the molecule is CN(C#N)C(=O)[C@@H]1CCCC[C@@H]1NC(=O)c1cc2ccc(Cl)cc2n1C. The molecule has 2 aromatic rings. The van der Waals surface area contributed by atoms with E-state index in [9.17, 15) is 9.59 Å². The van der Waals surface area contributed by atoms with Crippen LogP contribution in [0, 0.1) is 17.4 Å². The number of nitrogens with one attached hydrogen (secondary N) is 1. The van der Waals surface area contributed by atoms with Crippen molar-refractivity contribution in [2.24, 2.45) is 13.0 Å². The molecule has 0 radical (unpaired) electrons. The Labute approximate surface area is 157 Å². The van der Waals surface area contributed by atoms with Gasteiger partial charge >= 0.3 is 0 Å². The van der Waals surface area contributed by atoms with Crippen LogP contribution in [-0.4, -0.2) is 34.4 Å². The van der Waals surface area contributed by atoms with E-state index in [1.54, 1.807) is 10.6 Å². The highest BCUT2D eigenvalue weighted by atomic mass is 35.5. The monoisotopic (exact) mass is 372 g/mol. The zero-order valence-electron chi connectivity index (χ0n) is 14.8. The van der Waals surface area contributed by atoms with Gasteiger partial charge in [0.15, 0.2) is 6.19 Å². The maximum atomic E-state index is 12.8. The van der Waals surface area contributed by atoms with Gasteiger partial charge in [0.1, 0.15) is 5.69 Å². The number of carbonyl (C=O) groups is 2. The number of nitrogens with zero attached hydrogens (tertiary/aromatic N) is 3. The minimum atomic E-state index is -0.360. The lowest BCUT2D eigenvalue weighted by Gasteiger charge is -2.32. The molecule has 1 fully saturated rings. The van der Waals surface area contributed by atoms with E-state index < -0.39 is 0 Å². The number of aromatic nitrogens is 1. The number of halogens is 1. The fraction of sp³-hybridized carbons (Fsp3) is 0.421. The second-order valence-electron chi connectivity index (χ2n) is 6.76. The Bertz CT molecular complexity index is 899. The van der Waals surface area contributed by atoms with Crippen molar-refractivity contribution >= 4 is 34.3 Å². The highest BCUT2D eigenvalue weighted by molar-refractivity contribution is 6.31. The predicted octanol–water partition coefficient (Wildman–Crippen LogP) is 3.06. The third-order valence-corrected chi connectivity index (χ3v) is 5.36.